The van der Waals surface area contributed by atoms with Crippen molar-refractivity contribution in [2.75, 3.05) is 23.7 Å². The van der Waals surface area contributed by atoms with Gasteiger partial charge < -0.3 is 15.7 Å². The Kier molecular flexibility index (Phi) is 5.11. The number of amides is 2. The van der Waals surface area contributed by atoms with E-state index < -0.39 is 6.09 Å². The molecule has 0 aromatic heterocycles. The number of carbonyl (C=O) groups excluding carboxylic acids is 1. The SMILES string of the molecule is O=C(O)Nc1ccccc1NC(=O)c1ccc(C=C2CCNC2)cc1. The zero-order valence-corrected chi connectivity index (χ0v) is 13.6. The van der Waals surface area contributed by atoms with Crippen LogP contribution in [0.5, 0.6) is 0 Å². The maximum atomic E-state index is 12.4. The smallest absolute Gasteiger partial charge is 0.409 e. The highest BCUT2D eigenvalue weighted by Gasteiger charge is 2.10. The van der Waals surface area contributed by atoms with Gasteiger partial charge in [-0.05, 0) is 42.8 Å². The van der Waals surface area contributed by atoms with Crippen molar-refractivity contribution in [3.63, 3.8) is 0 Å². The lowest BCUT2D eigenvalue weighted by molar-refractivity contribution is 0.102. The average molecular weight is 337 g/mol. The third-order valence-corrected chi connectivity index (χ3v) is 3.94. The number of benzene rings is 2. The number of carbonyl (C=O) groups is 2. The lowest BCUT2D eigenvalue weighted by atomic mass is 10.1. The average Bonchev–Trinajstić information content (AvgIpc) is 3.10. The van der Waals surface area contributed by atoms with Crippen molar-refractivity contribution in [1.82, 2.24) is 5.32 Å². The van der Waals surface area contributed by atoms with Crippen molar-refractivity contribution in [2.24, 2.45) is 0 Å². The molecule has 2 aromatic rings. The second-order valence-corrected chi connectivity index (χ2v) is 5.78. The molecule has 1 aliphatic heterocycles. The first kappa shape index (κ1) is 16.7. The Balaban J connectivity index is 1.71. The third kappa shape index (κ3) is 4.45. The summed E-state index contributed by atoms with van der Waals surface area (Å²) in [4.78, 5) is 23.2. The van der Waals surface area contributed by atoms with Gasteiger partial charge in [0.25, 0.3) is 5.91 Å². The number of para-hydroxylation sites is 2. The molecular formula is C19H19N3O3. The number of rotatable bonds is 4. The van der Waals surface area contributed by atoms with Crippen molar-refractivity contribution < 1.29 is 14.7 Å². The van der Waals surface area contributed by atoms with Crippen molar-refractivity contribution in [3.8, 4) is 0 Å². The third-order valence-electron chi connectivity index (χ3n) is 3.94. The summed E-state index contributed by atoms with van der Waals surface area (Å²) in [6, 6.07) is 14.0. The highest BCUT2D eigenvalue weighted by molar-refractivity contribution is 6.06. The van der Waals surface area contributed by atoms with Crippen LogP contribution in [-0.2, 0) is 0 Å². The van der Waals surface area contributed by atoms with Crippen LogP contribution >= 0.6 is 0 Å². The summed E-state index contributed by atoms with van der Waals surface area (Å²) in [7, 11) is 0. The van der Waals surface area contributed by atoms with E-state index in [2.05, 4.69) is 22.0 Å². The molecule has 6 heteroatoms. The zero-order valence-electron chi connectivity index (χ0n) is 13.6. The summed E-state index contributed by atoms with van der Waals surface area (Å²) in [5.74, 6) is -0.290. The van der Waals surface area contributed by atoms with Gasteiger partial charge in [-0.25, -0.2) is 4.79 Å². The first-order valence-electron chi connectivity index (χ1n) is 8.02. The second-order valence-electron chi connectivity index (χ2n) is 5.78. The van der Waals surface area contributed by atoms with Crippen LogP contribution in [0.3, 0.4) is 0 Å². The Bertz CT molecular complexity index is 805. The molecule has 0 radical (unpaired) electrons. The molecule has 128 valence electrons. The monoisotopic (exact) mass is 337 g/mol. The van der Waals surface area contributed by atoms with Crippen LogP contribution in [0.15, 0.2) is 54.1 Å². The fraction of sp³-hybridized carbons (Fsp3) is 0.158. The minimum Gasteiger partial charge on any atom is -0.465 e. The second kappa shape index (κ2) is 7.63. The first-order valence-corrected chi connectivity index (χ1v) is 8.02. The van der Waals surface area contributed by atoms with E-state index >= 15 is 0 Å². The molecule has 1 saturated heterocycles. The van der Waals surface area contributed by atoms with Crippen molar-refractivity contribution in [3.05, 3.63) is 65.2 Å². The summed E-state index contributed by atoms with van der Waals surface area (Å²) >= 11 is 0. The largest absolute Gasteiger partial charge is 0.465 e. The normalized spacial score (nSPS) is 15.1. The maximum absolute atomic E-state index is 12.4. The van der Waals surface area contributed by atoms with Crippen LogP contribution in [0, 0.1) is 0 Å². The molecule has 2 amide bonds. The standard InChI is InChI=1S/C19H19N3O3/c23-18(21-16-3-1-2-4-17(16)22-19(24)25)15-7-5-13(6-8-15)11-14-9-10-20-12-14/h1-8,11,20,22H,9-10,12H2,(H,21,23)(H,24,25). The van der Waals surface area contributed by atoms with Crippen LogP contribution in [0.25, 0.3) is 6.08 Å². The number of carboxylic acid groups (broad SMARTS) is 1. The predicted octanol–water partition coefficient (Wildman–Crippen LogP) is 3.41. The van der Waals surface area contributed by atoms with Gasteiger partial charge in [0.2, 0.25) is 0 Å². The quantitative estimate of drug-likeness (QED) is 0.688. The Morgan fingerprint density at radius 2 is 1.68 bits per heavy atom. The van der Waals surface area contributed by atoms with Gasteiger partial charge in [-0.15, -0.1) is 0 Å². The molecular weight excluding hydrogens is 318 g/mol. The molecule has 3 rings (SSSR count). The van der Waals surface area contributed by atoms with Gasteiger partial charge >= 0.3 is 6.09 Å². The molecule has 0 bridgehead atoms. The summed E-state index contributed by atoms with van der Waals surface area (Å²) < 4.78 is 0. The van der Waals surface area contributed by atoms with Crippen LogP contribution in [0.4, 0.5) is 16.2 Å². The van der Waals surface area contributed by atoms with Crippen LogP contribution < -0.4 is 16.0 Å². The molecule has 0 aliphatic carbocycles. The van der Waals surface area contributed by atoms with E-state index in [9.17, 15) is 9.59 Å². The Labute approximate surface area is 145 Å². The predicted molar refractivity (Wildman–Crippen MR) is 97.9 cm³/mol. The Morgan fingerprint density at radius 3 is 2.28 bits per heavy atom. The van der Waals surface area contributed by atoms with Crippen LogP contribution in [0.2, 0.25) is 0 Å². The highest BCUT2D eigenvalue weighted by atomic mass is 16.4. The number of hydrogen-bond donors (Lipinski definition) is 4. The van der Waals surface area contributed by atoms with Gasteiger partial charge in [-0.1, -0.05) is 35.9 Å². The molecule has 1 fully saturated rings. The molecule has 25 heavy (non-hydrogen) atoms. The Hall–Kier alpha value is -3.12. The van der Waals surface area contributed by atoms with E-state index in [1.165, 1.54) is 5.57 Å². The van der Waals surface area contributed by atoms with Crippen molar-refractivity contribution in [1.29, 1.82) is 0 Å². The summed E-state index contributed by atoms with van der Waals surface area (Å²) in [5, 5.41) is 17.1. The fourth-order valence-electron chi connectivity index (χ4n) is 2.69. The topological polar surface area (TPSA) is 90.5 Å². The van der Waals surface area contributed by atoms with Gasteiger partial charge in [-0.2, -0.15) is 0 Å². The van der Waals surface area contributed by atoms with Crippen molar-refractivity contribution in [2.45, 2.75) is 6.42 Å². The molecule has 0 spiro atoms. The van der Waals surface area contributed by atoms with Crippen LogP contribution in [0.1, 0.15) is 22.3 Å². The van der Waals surface area contributed by atoms with E-state index in [-0.39, 0.29) is 5.91 Å². The number of hydrogen-bond acceptors (Lipinski definition) is 3. The summed E-state index contributed by atoms with van der Waals surface area (Å²) in [6.07, 6.45) is 2.00. The molecule has 4 N–H and O–H groups in total. The number of anilines is 2. The van der Waals surface area contributed by atoms with Gasteiger partial charge in [0.15, 0.2) is 0 Å². The number of nitrogens with one attached hydrogen (secondary N) is 3. The van der Waals surface area contributed by atoms with E-state index in [4.69, 9.17) is 5.11 Å². The van der Waals surface area contributed by atoms with E-state index in [1.807, 2.05) is 12.1 Å². The first-order chi connectivity index (χ1) is 12.1. The molecule has 2 aromatic carbocycles. The maximum Gasteiger partial charge on any atom is 0.409 e. The minimum absolute atomic E-state index is 0.290. The Morgan fingerprint density at radius 1 is 1.00 bits per heavy atom. The molecule has 0 saturated carbocycles. The molecule has 0 atom stereocenters. The van der Waals surface area contributed by atoms with E-state index in [0.717, 1.165) is 25.1 Å². The van der Waals surface area contributed by atoms with Crippen LogP contribution in [-0.4, -0.2) is 30.2 Å². The summed E-state index contributed by atoms with van der Waals surface area (Å²) in [6.45, 7) is 1.92. The van der Waals surface area contributed by atoms with Crippen molar-refractivity contribution >= 4 is 29.5 Å². The summed E-state index contributed by atoms with van der Waals surface area (Å²) in [5.41, 5.74) is 3.67. The van der Waals surface area contributed by atoms with E-state index in [1.54, 1.807) is 36.4 Å². The minimum atomic E-state index is -1.18. The highest BCUT2D eigenvalue weighted by Crippen LogP contribution is 2.22. The van der Waals surface area contributed by atoms with Gasteiger partial charge in [0.1, 0.15) is 0 Å². The van der Waals surface area contributed by atoms with Gasteiger partial charge in [-0.3, -0.25) is 10.1 Å². The zero-order chi connectivity index (χ0) is 17.6. The lowest BCUT2D eigenvalue weighted by Gasteiger charge is -2.10. The van der Waals surface area contributed by atoms with Gasteiger partial charge in [0.05, 0.1) is 11.4 Å². The van der Waals surface area contributed by atoms with Gasteiger partial charge in [0, 0.05) is 12.1 Å². The molecule has 6 nitrogen and oxygen atoms in total. The molecule has 0 unspecified atom stereocenters. The lowest BCUT2D eigenvalue weighted by Crippen LogP contribution is -2.15. The molecule has 1 heterocycles. The molecule has 1 aliphatic rings. The van der Waals surface area contributed by atoms with E-state index in [0.29, 0.717) is 16.9 Å². The fourth-order valence-corrected chi connectivity index (χ4v) is 2.69.